The second-order valence-corrected chi connectivity index (χ2v) is 8.26. The molecule has 0 radical (unpaired) electrons. The van der Waals surface area contributed by atoms with Gasteiger partial charge in [-0.15, -0.1) is 0 Å². The van der Waals surface area contributed by atoms with Gasteiger partial charge in [0.05, 0.1) is 0 Å². The fourth-order valence-electron chi connectivity index (χ4n) is 5.46. The second-order valence-electron chi connectivity index (χ2n) is 8.26. The first-order chi connectivity index (χ1) is 11.1. The normalized spacial score (nSPS) is 36.0. The van der Waals surface area contributed by atoms with E-state index in [1.165, 1.54) is 38.5 Å². The molecule has 1 aromatic rings. The van der Waals surface area contributed by atoms with E-state index in [2.05, 4.69) is 34.4 Å². The lowest BCUT2D eigenvalue weighted by atomic mass is 9.53. The number of aromatic nitrogens is 2. The predicted octanol–water partition coefficient (Wildman–Crippen LogP) is 3.65. The molecule has 5 rings (SSSR count). The molecule has 0 aromatic carbocycles. The van der Waals surface area contributed by atoms with Crippen LogP contribution in [0.5, 0.6) is 0 Å². The maximum absolute atomic E-state index is 6.37. The summed E-state index contributed by atoms with van der Waals surface area (Å²) >= 11 is 0. The number of anilines is 3. The van der Waals surface area contributed by atoms with Crippen molar-refractivity contribution in [3.63, 3.8) is 0 Å². The van der Waals surface area contributed by atoms with Crippen LogP contribution < -0.4 is 16.4 Å². The summed E-state index contributed by atoms with van der Waals surface area (Å²) in [5.41, 5.74) is 7.26. The number of nitrogens with zero attached hydrogens (tertiary/aromatic N) is 2. The number of nitrogen functional groups attached to an aromatic ring is 1. The van der Waals surface area contributed by atoms with Crippen LogP contribution in [0.25, 0.3) is 0 Å². The van der Waals surface area contributed by atoms with Gasteiger partial charge in [-0.3, -0.25) is 0 Å². The largest absolute Gasteiger partial charge is 0.393 e. The third-order valence-electron chi connectivity index (χ3n) is 6.30. The minimum atomic E-state index is 0.227. The highest BCUT2D eigenvalue weighted by Crippen LogP contribution is 2.56. The van der Waals surface area contributed by atoms with E-state index in [9.17, 15) is 0 Å². The van der Waals surface area contributed by atoms with E-state index in [4.69, 9.17) is 5.73 Å². The average Bonchev–Trinajstić information content (AvgIpc) is 2.49. The van der Waals surface area contributed by atoms with Gasteiger partial charge in [-0.05, 0) is 69.6 Å². The first-order valence-electron chi connectivity index (χ1n) is 9.22. The number of hydrogen-bond donors (Lipinski definition) is 3. The van der Waals surface area contributed by atoms with Crippen LogP contribution in [-0.4, -0.2) is 21.5 Å². The molecule has 5 nitrogen and oxygen atoms in total. The molecule has 0 spiro atoms. The highest BCUT2D eigenvalue weighted by molar-refractivity contribution is 5.74. The molecule has 4 saturated carbocycles. The van der Waals surface area contributed by atoms with Crippen molar-refractivity contribution in [2.24, 2.45) is 17.8 Å². The van der Waals surface area contributed by atoms with Crippen molar-refractivity contribution in [2.45, 2.75) is 70.4 Å². The zero-order chi connectivity index (χ0) is 16.0. The molecule has 1 unspecified atom stereocenters. The SMILES string of the molecule is CCC(C)Nc1ncnc(NC23CC4CC(CC(C4)C2)C3)c1N. The number of rotatable bonds is 5. The van der Waals surface area contributed by atoms with Crippen LogP contribution in [0.2, 0.25) is 0 Å². The topological polar surface area (TPSA) is 75.9 Å². The van der Waals surface area contributed by atoms with E-state index in [-0.39, 0.29) is 5.54 Å². The van der Waals surface area contributed by atoms with Crippen molar-refractivity contribution in [2.75, 3.05) is 16.4 Å². The first-order valence-corrected chi connectivity index (χ1v) is 9.22. The number of nitrogens with two attached hydrogens (primary N) is 1. The Morgan fingerprint density at radius 1 is 1.13 bits per heavy atom. The molecule has 23 heavy (non-hydrogen) atoms. The van der Waals surface area contributed by atoms with Crippen LogP contribution in [0.15, 0.2) is 6.33 Å². The van der Waals surface area contributed by atoms with Gasteiger partial charge in [-0.25, -0.2) is 9.97 Å². The standard InChI is InChI=1S/C18H29N5/c1-3-11(2)22-16-15(19)17(21-10-20-16)23-18-7-12-4-13(8-18)6-14(5-12)9-18/h10-14H,3-9,19H2,1-2H3,(H2,20,21,22,23). The van der Waals surface area contributed by atoms with Gasteiger partial charge in [0.2, 0.25) is 0 Å². The molecule has 0 saturated heterocycles. The van der Waals surface area contributed by atoms with Crippen LogP contribution in [0.4, 0.5) is 17.3 Å². The Labute approximate surface area is 138 Å². The van der Waals surface area contributed by atoms with E-state index < -0.39 is 0 Å². The average molecular weight is 315 g/mol. The lowest BCUT2D eigenvalue weighted by Crippen LogP contribution is -2.55. The summed E-state index contributed by atoms with van der Waals surface area (Å²) in [6.07, 6.45) is 10.9. The molecule has 1 aromatic heterocycles. The minimum absolute atomic E-state index is 0.227. The fourth-order valence-corrected chi connectivity index (χ4v) is 5.46. The number of hydrogen-bond acceptors (Lipinski definition) is 5. The Bertz CT molecular complexity index is 549. The predicted molar refractivity (Wildman–Crippen MR) is 94.3 cm³/mol. The van der Waals surface area contributed by atoms with Gasteiger partial charge in [0.15, 0.2) is 11.6 Å². The van der Waals surface area contributed by atoms with Gasteiger partial charge in [0, 0.05) is 11.6 Å². The Morgan fingerprint density at radius 3 is 2.26 bits per heavy atom. The van der Waals surface area contributed by atoms with Crippen molar-refractivity contribution >= 4 is 17.3 Å². The summed E-state index contributed by atoms with van der Waals surface area (Å²) in [6, 6.07) is 0.361. The highest BCUT2D eigenvalue weighted by Gasteiger charge is 2.51. The summed E-state index contributed by atoms with van der Waals surface area (Å²) < 4.78 is 0. The molecule has 4 aliphatic carbocycles. The summed E-state index contributed by atoms with van der Waals surface area (Å²) in [7, 11) is 0. The third-order valence-corrected chi connectivity index (χ3v) is 6.30. The monoisotopic (exact) mass is 315 g/mol. The Balaban J connectivity index is 1.56. The molecule has 4 fully saturated rings. The van der Waals surface area contributed by atoms with Gasteiger partial charge in [0.1, 0.15) is 12.0 Å². The minimum Gasteiger partial charge on any atom is -0.393 e. The third kappa shape index (κ3) is 2.74. The molecule has 4 bridgehead atoms. The van der Waals surface area contributed by atoms with Crippen LogP contribution in [-0.2, 0) is 0 Å². The lowest BCUT2D eigenvalue weighted by Gasteiger charge is -2.57. The van der Waals surface area contributed by atoms with Gasteiger partial charge < -0.3 is 16.4 Å². The molecule has 5 heteroatoms. The van der Waals surface area contributed by atoms with Gasteiger partial charge in [0.25, 0.3) is 0 Å². The van der Waals surface area contributed by atoms with E-state index in [0.29, 0.717) is 11.7 Å². The molecule has 4 aliphatic rings. The van der Waals surface area contributed by atoms with E-state index in [1.807, 2.05) is 0 Å². The van der Waals surface area contributed by atoms with Crippen molar-refractivity contribution in [1.29, 1.82) is 0 Å². The summed E-state index contributed by atoms with van der Waals surface area (Å²) in [5.74, 6) is 4.33. The van der Waals surface area contributed by atoms with Gasteiger partial charge >= 0.3 is 0 Å². The maximum Gasteiger partial charge on any atom is 0.155 e. The molecule has 0 amide bonds. The molecule has 0 aliphatic heterocycles. The zero-order valence-corrected chi connectivity index (χ0v) is 14.3. The van der Waals surface area contributed by atoms with E-state index in [1.54, 1.807) is 6.33 Å². The molecule has 4 N–H and O–H groups in total. The van der Waals surface area contributed by atoms with E-state index >= 15 is 0 Å². The van der Waals surface area contributed by atoms with Gasteiger partial charge in [-0.1, -0.05) is 6.92 Å². The van der Waals surface area contributed by atoms with Crippen molar-refractivity contribution < 1.29 is 0 Å². The molecular weight excluding hydrogens is 286 g/mol. The second kappa shape index (κ2) is 5.53. The summed E-state index contributed by atoms with van der Waals surface area (Å²) in [5, 5.41) is 7.16. The Morgan fingerprint density at radius 2 is 1.70 bits per heavy atom. The van der Waals surface area contributed by atoms with Crippen LogP contribution in [0.1, 0.15) is 58.8 Å². The highest BCUT2D eigenvalue weighted by atomic mass is 15.1. The van der Waals surface area contributed by atoms with Crippen molar-refractivity contribution in [1.82, 2.24) is 9.97 Å². The summed E-state index contributed by atoms with van der Waals surface area (Å²) in [4.78, 5) is 8.79. The quantitative estimate of drug-likeness (QED) is 0.773. The summed E-state index contributed by atoms with van der Waals surface area (Å²) in [6.45, 7) is 4.30. The Kier molecular flexibility index (Phi) is 3.62. The van der Waals surface area contributed by atoms with Crippen molar-refractivity contribution in [3.8, 4) is 0 Å². The fraction of sp³-hybridized carbons (Fsp3) is 0.778. The maximum atomic E-state index is 6.37. The van der Waals surface area contributed by atoms with Gasteiger partial charge in [-0.2, -0.15) is 0 Å². The molecule has 1 atom stereocenters. The van der Waals surface area contributed by atoms with Crippen LogP contribution >= 0.6 is 0 Å². The first kappa shape index (κ1) is 15.0. The molecule has 126 valence electrons. The Hall–Kier alpha value is -1.52. The zero-order valence-electron chi connectivity index (χ0n) is 14.3. The van der Waals surface area contributed by atoms with Crippen molar-refractivity contribution in [3.05, 3.63) is 6.33 Å². The van der Waals surface area contributed by atoms with Crippen LogP contribution in [0.3, 0.4) is 0 Å². The lowest BCUT2D eigenvalue weighted by molar-refractivity contribution is 0.0106. The van der Waals surface area contributed by atoms with E-state index in [0.717, 1.165) is 35.8 Å². The smallest absolute Gasteiger partial charge is 0.155 e. The molecular formula is C18H29N5. The molecule has 1 heterocycles. The van der Waals surface area contributed by atoms with Crippen LogP contribution in [0, 0.1) is 17.8 Å². The number of nitrogens with one attached hydrogen (secondary N) is 2.